The number of rotatable bonds is 4. The van der Waals surface area contributed by atoms with Gasteiger partial charge in [-0.1, -0.05) is 33.1 Å². The van der Waals surface area contributed by atoms with Crippen molar-refractivity contribution in [2.75, 3.05) is 13.1 Å². The average molecular weight is 226 g/mol. The Bertz CT molecular complexity index is 218. The molecule has 0 aromatic rings. The fourth-order valence-corrected chi connectivity index (χ4v) is 2.31. The highest BCUT2D eigenvalue weighted by atomic mass is 16.2. The number of carbonyl (C=O) groups excluding carboxylic acids is 1. The zero-order valence-electron chi connectivity index (χ0n) is 10.7. The van der Waals surface area contributed by atoms with Gasteiger partial charge in [0.05, 0.1) is 0 Å². The summed E-state index contributed by atoms with van der Waals surface area (Å²) >= 11 is 0. The second-order valence-electron chi connectivity index (χ2n) is 5.04. The average Bonchev–Trinajstić information content (AvgIpc) is 2.53. The summed E-state index contributed by atoms with van der Waals surface area (Å²) in [6.45, 7) is 5.82. The van der Waals surface area contributed by atoms with Crippen molar-refractivity contribution in [3.63, 3.8) is 0 Å². The summed E-state index contributed by atoms with van der Waals surface area (Å²) in [5, 5.41) is 0. The van der Waals surface area contributed by atoms with Crippen LogP contribution in [0.1, 0.15) is 52.4 Å². The van der Waals surface area contributed by atoms with Crippen LogP contribution in [0.4, 0.5) is 0 Å². The Balaban J connectivity index is 2.55. The van der Waals surface area contributed by atoms with Crippen LogP contribution < -0.4 is 5.73 Å². The van der Waals surface area contributed by atoms with E-state index < -0.39 is 0 Å². The van der Waals surface area contributed by atoms with Crippen molar-refractivity contribution in [3.05, 3.63) is 0 Å². The van der Waals surface area contributed by atoms with Crippen LogP contribution >= 0.6 is 0 Å². The van der Waals surface area contributed by atoms with Crippen molar-refractivity contribution >= 4 is 5.91 Å². The van der Waals surface area contributed by atoms with Crippen LogP contribution in [0.2, 0.25) is 0 Å². The van der Waals surface area contributed by atoms with Crippen LogP contribution in [0, 0.1) is 5.92 Å². The van der Waals surface area contributed by atoms with E-state index in [0.717, 1.165) is 25.8 Å². The third-order valence-corrected chi connectivity index (χ3v) is 3.69. The molecule has 1 fully saturated rings. The van der Waals surface area contributed by atoms with Gasteiger partial charge in [0.1, 0.15) is 0 Å². The van der Waals surface area contributed by atoms with Crippen LogP contribution in [0.5, 0.6) is 0 Å². The molecule has 3 nitrogen and oxygen atoms in total. The molecule has 94 valence electrons. The van der Waals surface area contributed by atoms with E-state index >= 15 is 0 Å². The van der Waals surface area contributed by atoms with Gasteiger partial charge in [-0.2, -0.15) is 0 Å². The molecule has 1 saturated heterocycles. The largest absolute Gasteiger partial charge is 0.338 e. The van der Waals surface area contributed by atoms with Gasteiger partial charge in [-0.05, 0) is 18.8 Å². The topological polar surface area (TPSA) is 46.3 Å². The summed E-state index contributed by atoms with van der Waals surface area (Å²) in [4.78, 5) is 14.2. The van der Waals surface area contributed by atoms with Gasteiger partial charge in [-0.3, -0.25) is 4.79 Å². The van der Waals surface area contributed by atoms with Gasteiger partial charge < -0.3 is 10.6 Å². The van der Waals surface area contributed by atoms with Gasteiger partial charge in [0.2, 0.25) is 5.91 Å². The molecule has 0 bridgehead atoms. The molecule has 2 atom stereocenters. The number of carbonyl (C=O) groups is 1. The Morgan fingerprint density at radius 1 is 1.44 bits per heavy atom. The first-order valence-corrected chi connectivity index (χ1v) is 6.68. The van der Waals surface area contributed by atoms with E-state index in [1.165, 1.54) is 12.8 Å². The molecular formula is C13H26N2O. The third-order valence-electron chi connectivity index (χ3n) is 3.69. The quantitative estimate of drug-likeness (QED) is 0.798. The minimum Gasteiger partial charge on any atom is -0.338 e. The third kappa shape index (κ3) is 3.78. The fraction of sp³-hybridized carbons (Fsp3) is 0.923. The number of hydrogen-bond acceptors (Lipinski definition) is 2. The van der Waals surface area contributed by atoms with Crippen molar-refractivity contribution < 1.29 is 4.79 Å². The number of likely N-dealkylation sites (tertiary alicyclic amines) is 1. The summed E-state index contributed by atoms with van der Waals surface area (Å²) < 4.78 is 0. The molecule has 16 heavy (non-hydrogen) atoms. The molecule has 0 radical (unpaired) electrons. The molecule has 0 aliphatic carbocycles. The molecule has 3 heteroatoms. The number of amides is 1. The predicted molar refractivity (Wildman–Crippen MR) is 67.1 cm³/mol. The van der Waals surface area contributed by atoms with E-state index in [1.807, 2.05) is 4.90 Å². The van der Waals surface area contributed by atoms with Gasteiger partial charge in [0.25, 0.3) is 0 Å². The Morgan fingerprint density at radius 3 is 2.81 bits per heavy atom. The van der Waals surface area contributed by atoms with Crippen LogP contribution in [-0.2, 0) is 4.79 Å². The second-order valence-corrected chi connectivity index (χ2v) is 5.04. The first kappa shape index (κ1) is 13.5. The Labute approximate surface area is 99.4 Å². The van der Waals surface area contributed by atoms with Crippen molar-refractivity contribution in [2.24, 2.45) is 11.7 Å². The highest BCUT2D eigenvalue weighted by molar-refractivity contribution is 5.76. The maximum absolute atomic E-state index is 12.2. The first-order chi connectivity index (χ1) is 7.69. The monoisotopic (exact) mass is 226 g/mol. The zero-order chi connectivity index (χ0) is 12.0. The predicted octanol–water partition coefficient (Wildman–Crippen LogP) is 2.15. The Morgan fingerprint density at radius 2 is 2.19 bits per heavy atom. The Hall–Kier alpha value is -0.570. The van der Waals surface area contributed by atoms with Crippen molar-refractivity contribution in [3.8, 4) is 0 Å². The number of nitrogens with two attached hydrogens (primary N) is 1. The van der Waals surface area contributed by atoms with E-state index in [9.17, 15) is 4.79 Å². The molecule has 1 amide bonds. The summed E-state index contributed by atoms with van der Waals surface area (Å²) in [7, 11) is 0. The SMILES string of the molecule is CCC(C)CC(=O)N1CCCCCC1CN. The molecule has 0 aromatic carbocycles. The van der Waals surface area contributed by atoms with Crippen LogP contribution in [0.15, 0.2) is 0 Å². The lowest BCUT2D eigenvalue weighted by Gasteiger charge is -2.30. The van der Waals surface area contributed by atoms with E-state index in [2.05, 4.69) is 13.8 Å². The summed E-state index contributed by atoms with van der Waals surface area (Å²) in [5.74, 6) is 0.806. The fourth-order valence-electron chi connectivity index (χ4n) is 2.31. The molecular weight excluding hydrogens is 200 g/mol. The minimum atomic E-state index is 0.291. The van der Waals surface area contributed by atoms with Gasteiger partial charge in [-0.15, -0.1) is 0 Å². The van der Waals surface area contributed by atoms with Gasteiger partial charge in [0.15, 0.2) is 0 Å². The molecule has 0 spiro atoms. The van der Waals surface area contributed by atoms with Crippen molar-refractivity contribution in [1.29, 1.82) is 0 Å². The van der Waals surface area contributed by atoms with Crippen molar-refractivity contribution in [1.82, 2.24) is 4.90 Å². The maximum atomic E-state index is 12.2. The summed E-state index contributed by atoms with van der Waals surface area (Å²) in [6, 6.07) is 0.291. The lowest BCUT2D eigenvalue weighted by molar-refractivity contribution is -0.134. The van der Waals surface area contributed by atoms with E-state index in [4.69, 9.17) is 5.73 Å². The van der Waals surface area contributed by atoms with E-state index in [0.29, 0.717) is 30.8 Å². The summed E-state index contributed by atoms with van der Waals surface area (Å²) in [6.07, 6.45) is 6.45. The second kappa shape index (κ2) is 6.89. The molecule has 1 aliphatic rings. The van der Waals surface area contributed by atoms with Crippen molar-refractivity contribution in [2.45, 2.75) is 58.4 Å². The highest BCUT2D eigenvalue weighted by Crippen LogP contribution is 2.19. The van der Waals surface area contributed by atoms with Gasteiger partial charge >= 0.3 is 0 Å². The molecule has 1 heterocycles. The molecule has 1 rings (SSSR count). The first-order valence-electron chi connectivity index (χ1n) is 6.68. The zero-order valence-corrected chi connectivity index (χ0v) is 10.7. The van der Waals surface area contributed by atoms with E-state index in [-0.39, 0.29) is 0 Å². The lowest BCUT2D eigenvalue weighted by Crippen LogP contribution is -2.44. The van der Waals surface area contributed by atoms with Crippen LogP contribution in [-0.4, -0.2) is 29.9 Å². The minimum absolute atomic E-state index is 0.291. The molecule has 0 saturated carbocycles. The Kier molecular flexibility index (Phi) is 5.81. The molecule has 1 aliphatic heterocycles. The normalized spacial score (nSPS) is 23.9. The standard InChI is InChI=1S/C13H26N2O/c1-3-11(2)9-13(16)15-8-6-4-5-7-12(15)10-14/h11-12H,3-10,14H2,1-2H3. The van der Waals surface area contributed by atoms with Gasteiger partial charge in [0, 0.05) is 25.6 Å². The lowest BCUT2D eigenvalue weighted by atomic mass is 10.0. The molecule has 2 N–H and O–H groups in total. The molecule has 2 unspecified atom stereocenters. The summed E-state index contributed by atoms with van der Waals surface area (Å²) in [5.41, 5.74) is 5.77. The number of hydrogen-bond donors (Lipinski definition) is 1. The van der Waals surface area contributed by atoms with Crippen LogP contribution in [0.25, 0.3) is 0 Å². The maximum Gasteiger partial charge on any atom is 0.223 e. The highest BCUT2D eigenvalue weighted by Gasteiger charge is 2.24. The number of nitrogens with zero attached hydrogens (tertiary/aromatic N) is 1. The van der Waals surface area contributed by atoms with Gasteiger partial charge in [-0.25, -0.2) is 0 Å². The van der Waals surface area contributed by atoms with E-state index in [1.54, 1.807) is 0 Å². The van der Waals surface area contributed by atoms with Crippen LogP contribution in [0.3, 0.4) is 0 Å². The smallest absolute Gasteiger partial charge is 0.223 e. The molecule has 0 aromatic heterocycles.